The largest absolute Gasteiger partial charge is 0.497 e. The van der Waals surface area contributed by atoms with Crippen molar-refractivity contribution in [3.8, 4) is 11.5 Å². The van der Waals surface area contributed by atoms with Gasteiger partial charge in [-0.25, -0.2) is 0 Å². The van der Waals surface area contributed by atoms with Gasteiger partial charge in [0.05, 0.1) is 25.8 Å². The Morgan fingerprint density at radius 2 is 2.00 bits per heavy atom. The summed E-state index contributed by atoms with van der Waals surface area (Å²) in [6.45, 7) is 1.40. The summed E-state index contributed by atoms with van der Waals surface area (Å²) in [5.41, 5.74) is 0. The van der Waals surface area contributed by atoms with Gasteiger partial charge in [0.2, 0.25) is 5.91 Å². The Hall–Kier alpha value is -1.50. The molecule has 2 rings (SSSR count). The molecule has 0 aromatic heterocycles. The summed E-state index contributed by atoms with van der Waals surface area (Å²) in [4.78, 5) is 13.7. The minimum Gasteiger partial charge on any atom is -0.497 e. The summed E-state index contributed by atoms with van der Waals surface area (Å²) in [6.07, 6.45) is 0.0468. The number of nitrogens with zero attached hydrogens (tertiary/aromatic N) is 1. The SMILES string of the molecule is COc1ccc(OCCN(C)C(=O)C2CC(O)CN2)cc1.Cl. The smallest absolute Gasteiger partial charge is 0.239 e. The number of benzene rings is 1. The molecule has 22 heavy (non-hydrogen) atoms. The maximum atomic E-state index is 12.1. The van der Waals surface area contributed by atoms with Gasteiger partial charge < -0.3 is 24.8 Å². The minimum absolute atomic E-state index is 0. The summed E-state index contributed by atoms with van der Waals surface area (Å²) in [5, 5.41) is 12.4. The minimum atomic E-state index is -0.428. The van der Waals surface area contributed by atoms with Gasteiger partial charge in [0.1, 0.15) is 18.1 Å². The number of rotatable bonds is 6. The average Bonchev–Trinajstić information content (AvgIpc) is 2.93. The molecule has 2 unspecified atom stereocenters. The molecule has 0 aliphatic carbocycles. The molecule has 0 bridgehead atoms. The van der Waals surface area contributed by atoms with Crippen molar-refractivity contribution in [3.63, 3.8) is 0 Å². The predicted octanol–water partition coefficient (Wildman–Crippen LogP) is 0.677. The van der Waals surface area contributed by atoms with Gasteiger partial charge in [-0.1, -0.05) is 0 Å². The fraction of sp³-hybridized carbons (Fsp3) is 0.533. The number of β-amino-alcohol motifs (C(OH)–C–C–N with tert-alkyl or cyclic N) is 1. The van der Waals surface area contributed by atoms with E-state index in [4.69, 9.17) is 9.47 Å². The van der Waals surface area contributed by atoms with Crippen molar-refractivity contribution >= 4 is 18.3 Å². The predicted molar refractivity (Wildman–Crippen MR) is 85.8 cm³/mol. The molecule has 0 radical (unpaired) electrons. The van der Waals surface area contributed by atoms with E-state index in [1.165, 1.54) is 0 Å². The van der Waals surface area contributed by atoms with Gasteiger partial charge >= 0.3 is 0 Å². The number of likely N-dealkylation sites (N-methyl/N-ethyl adjacent to an activating group) is 1. The first-order chi connectivity index (χ1) is 10.1. The second kappa shape index (κ2) is 8.82. The van der Waals surface area contributed by atoms with Crippen molar-refractivity contribution in [2.24, 2.45) is 0 Å². The normalized spacial score (nSPS) is 20.1. The van der Waals surface area contributed by atoms with E-state index in [2.05, 4.69) is 5.32 Å². The molecule has 2 atom stereocenters. The second-order valence-electron chi connectivity index (χ2n) is 5.13. The summed E-state index contributed by atoms with van der Waals surface area (Å²) >= 11 is 0. The van der Waals surface area contributed by atoms with Crippen LogP contribution in [0.5, 0.6) is 11.5 Å². The van der Waals surface area contributed by atoms with Gasteiger partial charge in [-0.3, -0.25) is 4.79 Å². The molecular weight excluding hydrogens is 308 g/mol. The summed E-state index contributed by atoms with van der Waals surface area (Å²) in [6, 6.07) is 7.03. The van der Waals surface area contributed by atoms with Crippen molar-refractivity contribution in [1.82, 2.24) is 10.2 Å². The Kier molecular flexibility index (Phi) is 7.44. The third-order valence-electron chi connectivity index (χ3n) is 3.54. The number of halogens is 1. The van der Waals surface area contributed by atoms with E-state index >= 15 is 0 Å². The molecule has 1 aromatic rings. The molecule has 1 aliphatic heterocycles. The maximum Gasteiger partial charge on any atom is 0.239 e. The quantitative estimate of drug-likeness (QED) is 0.802. The number of carbonyl (C=O) groups is 1. The Balaban J connectivity index is 0.00000242. The van der Waals surface area contributed by atoms with Gasteiger partial charge in [0.25, 0.3) is 0 Å². The highest BCUT2D eigenvalue weighted by atomic mass is 35.5. The van der Waals surface area contributed by atoms with Gasteiger partial charge in [-0.2, -0.15) is 0 Å². The molecule has 1 amide bonds. The molecule has 0 spiro atoms. The zero-order valence-electron chi connectivity index (χ0n) is 12.8. The molecular formula is C15H23ClN2O4. The van der Waals surface area contributed by atoms with Crippen molar-refractivity contribution in [2.75, 3.05) is 33.9 Å². The van der Waals surface area contributed by atoms with Gasteiger partial charge in [-0.05, 0) is 30.7 Å². The third-order valence-corrected chi connectivity index (χ3v) is 3.54. The van der Waals surface area contributed by atoms with Crippen LogP contribution >= 0.6 is 12.4 Å². The standard InChI is InChI=1S/C15H22N2O4.ClH/c1-17(15(19)14-9-11(18)10-16-14)7-8-21-13-5-3-12(20-2)4-6-13;/h3-6,11,14,16,18H,7-10H2,1-2H3;1H. The molecule has 1 heterocycles. The van der Waals surface area contributed by atoms with Crippen LogP contribution in [0.15, 0.2) is 24.3 Å². The Bertz CT molecular complexity index is 469. The van der Waals surface area contributed by atoms with Crippen molar-refractivity contribution in [2.45, 2.75) is 18.6 Å². The molecule has 7 heteroatoms. The highest BCUT2D eigenvalue weighted by Crippen LogP contribution is 2.17. The van der Waals surface area contributed by atoms with E-state index in [0.717, 1.165) is 11.5 Å². The van der Waals surface area contributed by atoms with E-state index < -0.39 is 6.10 Å². The van der Waals surface area contributed by atoms with Crippen LogP contribution in [0.3, 0.4) is 0 Å². The van der Waals surface area contributed by atoms with Crippen LogP contribution in [0.25, 0.3) is 0 Å². The highest BCUT2D eigenvalue weighted by Gasteiger charge is 2.29. The zero-order valence-corrected chi connectivity index (χ0v) is 13.6. The summed E-state index contributed by atoms with van der Waals surface area (Å²) in [5.74, 6) is 1.51. The molecule has 2 N–H and O–H groups in total. The highest BCUT2D eigenvalue weighted by molar-refractivity contribution is 5.85. The molecule has 1 fully saturated rings. The first-order valence-corrected chi connectivity index (χ1v) is 7.03. The van der Waals surface area contributed by atoms with Crippen LogP contribution in [-0.2, 0) is 4.79 Å². The number of aliphatic hydroxyl groups excluding tert-OH is 1. The van der Waals surface area contributed by atoms with E-state index in [1.54, 1.807) is 19.1 Å². The average molecular weight is 331 g/mol. The summed E-state index contributed by atoms with van der Waals surface area (Å²) < 4.78 is 10.7. The zero-order chi connectivity index (χ0) is 15.2. The third kappa shape index (κ3) is 5.05. The number of amides is 1. The van der Waals surface area contributed by atoms with Crippen LogP contribution in [0, 0.1) is 0 Å². The lowest BCUT2D eigenvalue weighted by atomic mass is 10.2. The fourth-order valence-electron chi connectivity index (χ4n) is 2.25. The molecule has 0 saturated carbocycles. The van der Waals surface area contributed by atoms with Crippen LogP contribution < -0.4 is 14.8 Å². The van der Waals surface area contributed by atoms with Crippen LogP contribution in [0.1, 0.15) is 6.42 Å². The number of aliphatic hydroxyl groups is 1. The van der Waals surface area contributed by atoms with E-state index in [0.29, 0.717) is 26.1 Å². The molecule has 1 saturated heterocycles. The molecule has 124 valence electrons. The van der Waals surface area contributed by atoms with E-state index in [9.17, 15) is 9.90 Å². The number of methoxy groups -OCH3 is 1. The van der Waals surface area contributed by atoms with E-state index in [-0.39, 0.29) is 24.4 Å². The van der Waals surface area contributed by atoms with Gasteiger partial charge in [0, 0.05) is 13.6 Å². The lowest BCUT2D eigenvalue weighted by molar-refractivity contribution is -0.132. The number of carbonyl (C=O) groups excluding carboxylic acids is 1. The lowest BCUT2D eigenvalue weighted by Crippen LogP contribution is -2.43. The first-order valence-electron chi connectivity index (χ1n) is 7.03. The number of nitrogens with one attached hydrogen (secondary N) is 1. The molecule has 1 aromatic carbocycles. The Morgan fingerprint density at radius 3 is 2.55 bits per heavy atom. The first kappa shape index (κ1) is 18.5. The number of ether oxygens (including phenoxy) is 2. The summed E-state index contributed by atoms with van der Waals surface area (Å²) in [7, 11) is 3.36. The molecule has 6 nitrogen and oxygen atoms in total. The number of hydrogen-bond donors (Lipinski definition) is 2. The topological polar surface area (TPSA) is 71.0 Å². The van der Waals surface area contributed by atoms with E-state index in [1.807, 2.05) is 24.3 Å². The van der Waals surface area contributed by atoms with Crippen LogP contribution in [0.2, 0.25) is 0 Å². The Morgan fingerprint density at radius 1 is 1.36 bits per heavy atom. The van der Waals surface area contributed by atoms with Crippen molar-refractivity contribution in [3.05, 3.63) is 24.3 Å². The molecule has 1 aliphatic rings. The lowest BCUT2D eigenvalue weighted by Gasteiger charge is -2.21. The van der Waals surface area contributed by atoms with Gasteiger partial charge in [0.15, 0.2) is 0 Å². The fourth-order valence-corrected chi connectivity index (χ4v) is 2.25. The monoisotopic (exact) mass is 330 g/mol. The second-order valence-corrected chi connectivity index (χ2v) is 5.13. The van der Waals surface area contributed by atoms with Gasteiger partial charge in [-0.15, -0.1) is 12.4 Å². The number of hydrogen-bond acceptors (Lipinski definition) is 5. The Labute approximate surface area is 136 Å². The van der Waals surface area contributed by atoms with Crippen LogP contribution in [0.4, 0.5) is 0 Å². The maximum absolute atomic E-state index is 12.1. The van der Waals surface area contributed by atoms with Crippen LogP contribution in [-0.4, -0.2) is 61.9 Å². The van der Waals surface area contributed by atoms with Crippen molar-refractivity contribution < 1.29 is 19.4 Å². The van der Waals surface area contributed by atoms with Crippen molar-refractivity contribution in [1.29, 1.82) is 0 Å².